The minimum Gasteiger partial charge on any atom is -0.494 e. The Labute approximate surface area is 228 Å². The third-order valence-corrected chi connectivity index (χ3v) is 7.37. The number of benzene rings is 4. The minimum atomic E-state index is 0.148. The maximum absolute atomic E-state index is 6.45. The maximum Gasteiger partial charge on any atom is 0.119 e. The summed E-state index contributed by atoms with van der Waals surface area (Å²) < 4.78 is 19.3. The van der Waals surface area contributed by atoms with E-state index in [1.54, 1.807) is 0 Å². The van der Waals surface area contributed by atoms with Crippen LogP contribution in [0.25, 0.3) is 10.8 Å². The molecule has 1 aliphatic rings. The van der Waals surface area contributed by atoms with Gasteiger partial charge in [0.1, 0.15) is 5.75 Å². The van der Waals surface area contributed by atoms with Crippen LogP contribution in [-0.4, -0.2) is 32.4 Å². The molecular formula is C32H34BrNO3. The van der Waals surface area contributed by atoms with E-state index in [2.05, 4.69) is 100 Å². The zero-order chi connectivity index (χ0) is 25.3. The molecule has 0 aromatic heterocycles. The molecule has 0 bridgehead atoms. The molecular weight excluding hydrogens is 526 g/mol. The molecule has 0 aliphatic carbocycles. The van der Waals surface area contributed by atoms with Crippen LogP contribution in [0.1, 0.15) is 35.4 Å². The van der Waals surface area contributed by atoms with E-state index in [0.29, 0.717) is 32.3 Å². The summed E-state index contributed by atoms with van der Waals surface area (Å²) in [5.41, 5.74) is 3.70. The first-order valence-electron chi connectivity index (χ1n) is 13.1. The second-order valence-electron chi connectivity index (χ2n) is 9.58. The summed E-state index contributed by atoms with van der Waals surface area (Å²) in [5, 5.41) is 6.03. The second kappa shape index (κ2) is 13.2. The van der Waals surface area contributed by atoms with Gasteiger partial charge in [-0.1, -0.05) is 76.6 Å². The zero-order valence-electron chi connectivity index (χ0n) is 21.1. The predicted molar refractivity (Wildman–Crippen MR) is 153 cm³/mol. The van der Waals surface area contributed by atoms with Crippen LogP contribution in [0.5, 0.6) is 5.75 Å². The van der Waals surface area contributed by atoms with Crippen LogP contribution in [0.15, 0.2) is 95.5 Å². The van der Waals surface area contributed by atoms with Gasteiger partial charge in [0.15, 0.2) is 0 Å². The first kappa shape index (κ1) is 25.9. The molecule has 5 rings (SSSR count). The van der Waals surface area contributed by atoms with Crippen molar-refractivity contribution < 1.29 is 14.2 Å². The fraction of sp³-hybridized carbons (Fsp3) is 0.312. The fourth-order valence-corrected chi connectivity index (χ4v) is 5.34. The highest BCUT2D eigenvalue weighted by Gasteiger charge is 2.27. The standard InChI is InChI=1S/C32H34BrNO3/c33-29-8-3-5-24(20-29)22-35-17-4-18-36-30-13-11-27(12-14-30)31-15-16-34-21-32(31)37-23-25-9-10-26-6-1-2-7-28(26)19-25/h1-3,5-14,19-20,31-32,34H,4,15-18,21-23H2. The van der Waals surface area contributed by atoms with E-state index in [1.807, 2.05) is 12.1 Å². The van der Waals surface area contributed by atoms with Gasteiger partial charge in [0.2, 0.25) is 0 Å². The lowest BCUT2D eigenvalue weighted by molar-refractivity contribution is 0.0106. The first-order valence-corrected chi connectivity index (χ1v) is 13.9. The van der Waals surface area contributed by atoms with Crippen LogP contribution < -0.4 is 10.1 Å². The molecule has 4 nitrogen and oxygen atoms in total. The van der Waals surface area contributed by atoms with Crippen LogP contribution in [0, 0.1) is 0 Å². The van der Waals surface area contributed by atoms with Crippen molar-refractivity contribution in [2.24, 2.45) is 0 Å². The fourth-order valence-electron chi connectivity index (χ4n) is 4.90. The number of nitrogens with one attached hydrogen (secondary N) is 1. The monoisotopic (exact) mass is 559 g/mol. The van der Waals surface area contributed by atoms with Crippen LogP contribution >= 0.6 is 15.9 Å². The molecule has 1 fully saturated rings. The van der Waals surface area contributed by atoms with Gasteiger partial charge in [-0.3, -0.25) is 0 Å². The molecule has 1 saturated heterocycles. The Kier molecular flexibility index (Phi) is 9.25. The predicted octanol–water partition coefficient (Wildman–Crippen LogP) is 7.25. The smallest absolute Gasteiger partial charge is 0.119 e. The van der Waals surface area contributed by atoms with Gasteiger partial charge in [0, 0.05) is 23.4 Å². The van der Waals surface area contributed by atoms with Crippen LogP contribution in [0.4, 0.5) is 0 Å². The molecule has 0 radical (unpaired) electrons. The highest BCUT2D eigenvalue weighted by atomic mass is 79.9. The summed E-state index contributed by atoms with van der Waals surface area (Å²) in [4.78, 5) is 0. The third-order valence-electron chi connectivity index (χ3n) is 6.87. The average molecular weight is 561 g/mol. The summed E-state index contributed by atoms with van der Waals surface area (Å²) in [6.45, 7) is 4.45. The van der Waals surface area contributed by atoms with Crippen molar-refractivity contribution in [3.63, 3.8) is 0 Å². The number of rotatable bonds is 11. The van der Waals surface area contributed by atoms with Gasteiger partial charge in [0.05, 0.1) is 32.5 Å². The van der Waals surface area contributed by atoms with Crippen molar-refractivity contribution in [3.05, 3.63) is 112 Å². The Morgan fingerprint density at radius 1 is 0.784 bits per heavy atom. The molecule has 0 saturated carbocycles. The summed E-state index contributed by atoms with van der Waals surface area (Å²) in [7, 11) is 0. The lowest BCUT2D eigenvalue weighted by Gasteiger charge is -2.32. The van der Waals surface area contributed by atoms with E-state index in [1.165, 1.54) is 27.5 Å². The number of halogens is 1. The Morgan fingerprint density at radius 3 is 2.49 bits per heavy atom. The highest BCUT2D eigenvalue weighted by molar-refractivity contribution is 9.10. The average Bonchev–Trinajstić information content (AvgIpc) is 2.94. The molecule has 1 aliphatic heterocycles. The first-order chi connectivity index (χ1) is 18.2. The lowest BCUT2D eigenvalue weighted by atomic mass is 9.87. The molecule has 1 N–H and O–H groups in total. The topological polar surface area (TPSA) is 39.7 Å². The van der Waals surface area contributed by atoms with Crippen molar-refractivity contribution >= 4 is 26.7 Å². The van der Waals surface area contributed by atoms with Gasteiger partial charge in [0.25, 0.3) is 0 Å². The molecule has 0 amide bonds. The van der Waals surface area contributed by atoms with E-state index >= 15 is 0 Å². The summed E-state index contributed by atoms with van der Waals surface area (Å²) >= 11 is 3.49. The number of fused-ring (bicyclic) bond motifs is 1. The van der Waals surface area contributed by atoms with Gasteiger partial charge < -0.3 is 19.5 Å². The van der Waals surface area contributed by atoms with Crippen molar-refractivity contribution in [1.82, 2.24) is 5.32 Å². The molecule has 0 spiro atoms. The van der Waals surface area contributed by atoms with Gasteiger partial charge in [-0.25, -0.2) is 0 Å². The molecule has 192 valence electrons. The summed E-state index contributed by atoms with van der Waals surface area (Å²) in [5.74, 6) is 1.28. The SMILES string of the molecule is Brc1cccc(COCCCOc2ccc(C3CCNCC3OCc3ccc4ccccc4c3)cc2)c1. The van der Waals surface area contributed by atoms with E-state index < -0.39 is 0 Å². The Balaban J connectivity index is 1.08. The Morgan fingerprint density at radius 2 is 1.62 bits per heavy atom. The third kappa shape index (κ3) is 7.42. The van der Waals surface area contributed by atoms with Gasteiger partial charge in [-0.05, 0) is 70.8 Å². The maximum atomic E-state index is 6.45. The van der Waals surface area contributed by atoms with Crippen LogP contribution in [0.2, 0.25) is 0 Å². The number of piperidine rings is 1. The highest BCUT2D eigenvalue weighted by Crippen LogP contribution is 2.30. The Bertz CT molecular complexity index is 1280. The Hall–Kier alpha value is -2.70. The van der Waals surface area contributed by atoms with Crippen molar-refractivity contribution in [2.75, 3.05) is 26.3 Å². The van der Waals surface area contributed by atoms with Crippen LogP contribution in [0.3, 0.4) is 0 Å². The molecule has 4 aromatic carbocycles. The van der Waals surface area contributed by atoms with E-state index in [4.69, 9.17) is 14.2 Å². The van der Waals surface area contributed by atoms with Crippen LogP contribution in [-0.2, 0) is 22.7 Å². The molecule has 2 unspecified atom stereocenters. The lowest BCUT2D eigenvalue weighted by Crippen LogP contribution is -2.40. The van der Waals surface area contributed by atoms with Gasteiger partial charge >= 0.3 is 0 Å². The van der Waals surface area contributed by atoms with E-state index in [-0.39, 0.29) is 6.10 Å². The molecule has 37 heavy (non-hydrogen) atoms. The second-order valence-corrected chi connectivity index (χ2v) is 10.5. The molecule has 4 aromatic rings. The molecule has 2 atom stereocenters. The molecule has 1 heterocycles. The van der Waals surface area contributed by atoms with Crippen molar-refractivity contribution in [1.29, 1.82) is 0 Å². The minimum absolute atomic E-state index is 0.148. The zero-order valence-corrected chi connectivity index (χ0v) is 22.7. The quantitative estimate of drug-likeness (QED) is 0.196. The number of ether oxygens (including phenoxy) is 3. The largest absolute Gasteiger partial charge is 0.494 e. The van der Waals surface area contributed by atoms with Gasteiger partial charge in [-0.2, -0.15) is 0 Å². The summed E-state index contributed by atoms with van der Waals surface area (Å²) in [6, 6.07) is 31.8. The number of hydrogen-bond acceptors (Lipinski definition) is 4. The van der Waals surface area contributed by atoms with E-state index in [0.717, 1.165) is 36.2 Å². The van der Waals surface area contributed by atoms with Gasteiger partial charge in [-0.15, -0.1) is 0 Å². The molecule has 5 heteroatoms. The van der Waals surface area contributed by atoms with Crippen molar-refractivity contribution in [2.45, 2.75) is 38.1 Å². The van der Waals surface area contributed by atoms with Crippen molar-refractivity contribution in [3.8, 4) is 5.75 Å². The normalized spacial score (nSPS) is 17.6. The van der Waals surface area contributed by atoms with E-state index in [9.17, 15) is 0 Å². The summed E-state index contributed by atoms with van der Waals surface area (Å²) in [6.07, 6.45) is 2.07. The number of hydrogen-bond donors (Lipinski definition) is 1.